The van der Waals surface area contributed by atoms with Crippen LogP contribution in [0.5, 0.6) is 0 Å². The number of thiazole rings is 2. The summed E-state index contributed by atoms with van der Waals surface area (Å²) in [4.78, 5) is 26.9. The number of benzene rings is 1. The first-order chi connectivity index (χ1) is 17.8. The number of hydrogen-bond donors (Lipinski definition) is 2. The lowest BCUT2D eigenvalue weighted by atomic mass is 10.00. The molecule has 2 aliphatic heterocycles. The number of nitrogens with one attached hydrogen (secondary N) is 1. The average molecular weight is 552 g/mol. The Hall–Kier alpha value is -3.07. The van der Waals surface area contributed by atoms with E-state index in [1.807, 2.05) is 5.38 Å². The lowest BCUT2D eigenvalue weighted by molar-refractivity contribution is -0.215. The van der Waals surface area contributed by atoms with Gasteiger partial charge in [0, 0.05) is 48.3 Å². The summed E-state index contributed by atoms with van der Waals surface area (Å²) in [7, 11) is 0.991. The molecule has 37 heavy (non-hydrogen) atoms. The maximum Gasteiger partial charge on any atom is 0.418 e. The predicted octanol–water partition coefficient (Wildman–Crippen LogP) is 5.21. The summed E-state index contributed by atoms with van der Waals surface area (Å²) in [5, 5.41) is 18.4. The molecule has 3 aromatic heterocycles. The summed E-state index contributed by atoms with van der Waals surface area (Å²) < 4.78 is 52.5. The minimum Gasteiger partial charge on any atom is -0.465 e. The van der Waals surface area contributed by atoms with Gasteiger partial charge in [-0.15, -0.1) is 22.7 Å². The molecule has 2 N–H and O–H groups in total. The summed E-state index contributed by atoms with van der Waals surface area (Å²) in [6.07, 6.45) is -4.19. The highest BCUT2D eigenvalue weighted by Gasteiger charge is 2.53. The highest BCUT2D eigenvalue weighted by atomic mass is 32.1. The Morgan fingerprint density at radius 2 is 2.03 bits per heavy atom. The summed E-state index contributed by atoms with van der Waals surface area (Å²) in [6.45, 7) is 0.325. The summed E-state index contributed by atoms with van der Waals surface area (Å²) in [5.41, 5.74) is 0.470. The van der Waals surface area contributed by atoms with Gasteiger partial charge in [0.15, 0.2) is 11.7 Å². The van der Waals surface area contributed by atoms with Crippen LogP contribution in [0.4, 0.5) is 18.0 Å². The van der Waals surface area contributed by atoms with Gasteiger partial charge < -0.3 is 19.6 Å². The van der Waals surface area contributed by atoms with E-state index in [0.29, 0.717) is 23.5 Å². The van der Waals surface area contributed by atoms with Crippen LogP contribution in [0.15, 0.2) is 39.7 Å². The average Bonchev–Trinajstić information content (AvgIpc) is 3.65. The number of methoxy groups -OCH3 is 1. The van der Waals surface area contributed by atoms with E-state index < -0.39 is 30.5 Å². The van der Waals surface area contributed by atoms with Crippen LogP contribution in [-0.2, 0) is 4.74 Å². The summed E-state index contributed by atoms with van der Waals surface area (Å²) >= 11 is 2.79. The third-order valence-electron chi connectivity index (χ3n) is 6.93. The maximum atomic E-state index is 13.8. The lowest BCUT2D eigenvalue weighted by Gasteiger charge is -2.38. The molecule has 14 heteroatoms. The largest absolute Gasteiger partial charge is 0.465 e. The monoisotopic (exact) mass is 551 g/mol. The van der Waals surface area contributed by atoms with Crippen molar-refractivity contribution in [3.63, 3.8) is 0 Å². The zero-order valence-electron chi connectivity index (χ0n) is 19.2. The Bertz CT molecular complexity index is 1430. The fourth-order valence-corrected chi connectivity index (χ4v) is 6.93. The number of piperazine rings is 1. The predicted molar refractivity (Wildman–Crippen MR) is 129 cm³/mol. The minimum absolute atomic E-state index is 0.00661. The molecule has 0 radical (unpaired) electrons. The number of fused-ring (bicyclic) bond motifs is 3. The number of carboxylic acid groups (broad SMARTS) is 1. The molecular weight excluding hydrogens is 531 g/mol. The molecule has 0 aliphatic carbocycles. The number of hydrogen-bond acceptors (Lipinski definition) is 9. The van der Waals surface area contributed by atoms with Gasteiger partial charge in [0.05, 0.1) is 22.7 Å². The van der Waals surface area contributed by atoms with Crippen molar-refractivity contribution >= 4 is 39.9 Å². The van der Waals surface area contributed by atoms with Crippen molar-refractivity contribution in [3.8, 4) is 10.6 Å². The van der Waals surface area contributed by atoms with Crippen LogP contribution in [0.2, 0.25) is 0 Å². The molecule has 9 nitrogen and oxygen atoms in total. The smallest absolute Gasteiger partial charge is 0.418 e. The SMILES string of the molecule is COC(c1ccc(-c2nccs2)c2oc(C3NCC4C(c5nccs5)CC3N4C(=O)O)nc12)C(F)(F)F. The van der Waals surface area contributed by atoms with E-state index >= 15 is 0 Å². The number of halogens is 3. The highest BCUT2D eigenvalue weighted by molar-refractivity contribution is 7.13. The normalized spacial score (nSPS) is 24.6. The fraction of sp³-hybridized carbons (Fsp3) is 0.391. The van der Waals surface area contributed by atoms with E-state index in [1.165, 1.54) is 39.7 Å². The first kappa shape index (κ1) is 24.3. The molecule has 5 heterocycles. The van der Waals surface area contributed by atoms with Crippen LogP contribution in [-0.4, -0.2) is 63.0 Å². The maximum absolute atomic E-state index is 13.8. The van der Waals surface area contributed by atoms with Gasteiger partial charge >= 0.3 is 12.3 Å². The number of aromatic nitrogens is 3. The van der Waals surface area contributed by atoms with E-state index in [2.05, 4.69) is 20.3 Å². The number of nitrogens with zero attached hydrogens (tertiary/aromatic N) is 4. The molecule has 194 valence electrons. The molecule has 1 amide bonds. The summed E-state index contributed by atoms with van der Waals surface area (Å²) in [5.74, 6) is 0.0132. The second kappa shape index (κ2) is 9.04. The van der Waals surface area contributed by atoms with E-state index in [0.717, 1.165) is 12.1 Å². The van der Waals surface area contributed by atoms with Crippen molar-refractivity contribution < 1.29 is 32.2 Å². The molecule has 4 aromatic rings. The van der Waals surface area contributed by atoms with Crippen molar-refractivity contribution in [2.45, 2.75) is 42.7 Å². The van der Waals surface area contributed by atoms with Crippen molar-refractivity contribution in [1.29, 1.82) is 0 Å². The zero-order valence-corrected chi connectivity index (χ0v) is 20.8. The number of alkyl halides is 3. The number of amides is 1. The Morgan fingerprint density at radius 1 is 1.24 bits per heavy atom. The molecule has 5 unspecified atom stereocenters. The molecule has 1 aromatic carbocycles. The van der Waals surface area contributed by atoms with Gasteiger partial charge in [0.1, 0.15) is 16.6 Å². The first-order valence-electron chi connectivity index (χ1n) is 11.3. The summed E-state index contributed by atoms with van der Waals surface area (Å²) in [6, 6.07) is 1.33. The zero-order chi connectivity index (χ0) is 25.9. The number of rotatable bonds is 5. The van der Waals surface area contributed by atoms with Crippen LogP contribution < -0.4 is 5.32 Å². The topological polar surface area (TPSA) is 114 Å². The molecule has 0 spiro atoms. The second-order valence-corrected chi connectivity index (χ2v) is 10.7. The van der Waals surface area contributed by atoms with Gasteiger partial charge in [0.25, 0.3) is 0 Å². The first-order valence-corrected chi connectivity index (χ1v) is 13.1. The Balaban J connectivity index is 1.47. The Morgan fingerprint density at radius 3 is 2.68 bits per heavy atom. The van der Waals surface area contributed by atoms with Gasteiger partial charge in [-0.2, -0.15) is 13.2 Å². The Kier molecular flexibility index (Phi) is 5.93. The van der Waals surface area contributed by atoms with Gasteiger partial charge in [-0.1, -0.05) is 6.07 Å². The molecule has 2 fully saturated rings. The van der Waals surface area contributed by atoms with Crippen molar-refractivity contribution in [3.05, 3.63) is 51.7 Å². The van der Waals surface area contributed by atoms with Crippen LogP contribution in [0.25, 0.3) is 21.7 Å². The fourth-order valence-electron chi connectivity index (χ4n) is 5.46. The van der Waals surface area contributed by atoms with Crippen molar-refractivity contribution in [2.75, 3.05) is 13.7 Å². The quantitative estimate of drug-likeness (QED) is 0.348. The van der Waals surface area contributed by atoms with Crippen molar-refractivity contribution in [1.82, 2.24) is 25.2 Å². The van der Waals surface area contributed by atoms with Crippen LogP contribution in [0.3, 0.4) is 0 Å². The van der Waals surface area contributed by atoms with Crippen LogP contribution >= 0.6 is 22.7 Å². The highest BCUT2D eigenvalue weighted by Crippen LogP contribution is 2.47. The standard InChI is InChI=1S/C23H20F3N5O4S2/c1-34-18(23(24,25)26)10-2-3-11(20-27-4-6-36-20)17-15(10)30-19(35-17)16-13-8-12(21-28-5-7-37-21)14(9-29-16)31(13)22(32)33/h2-7,12-14,16,18,29H,8-9H2,1H3,(H,32,33). The molecule has 6 rings (SSSR count). The van der Waals surface area contributed by atoms with Crippen molar-refractivity contribution in [2.24, 2.45) is 0 Å². The van der Waals surface area contributed by atoms with Gasteiger partial charge in [0.2, 0.25) is 5.89 Å². The molecule has 0 saturated carbocycles. The van der Waals surface area contributed by atoms with Crippen LogP contribution in [0, 0.1) is 0 Å². The van der Waals surface area contributed by atoms with E-state index in [1.54, 1.807) is 17.8 Å². The van der Waals surface area contributed by atoms with E-state index in [-0.39, 0.29) is 34.5 Å². The van der Waals surface area contributed by atoms with Crippen LogP contribution in [0.1, 0.15) is 40.9 Å². The third-order valence-corrected chi connectivity index (χ3v) is 8.65. The molecule has 2 bridgehead atoms. The van der Waals surface area contributed by atoms with E-state index in [9.17, 15) is 23.1 Å². The van der Waals surface area contributed by atoms with Gasteiger partial charge in [-0.05, 0) is 12.5 Å². The Labute approximate surface area is 215 Å². The molecule has 2 saturated heterocycles. The number of oxazole rings is 1. The second-order valence-electron chi connectivity index (χ2n) is 8.85. The molecular formula is C23H20F3N5O4S2. The lowest BCUT2D eigenvalue weighted by Crippen LogP contribution is -2.56. The number of carbonyl (C=O) groups is 1. The van der Waals surface area contributed by atoms with Gasteiger partial charge in [-0.25, -0.2) is 19.7 Å². The van der Waals surface area contributed by atoms with E-state index in [4.69, 9.17) is 9.15 Å². The van der Waals surface area contributed by atoms with Gasteiger partial charge in [-0.3, -0.25) is 4.90 Å². The number of ether oxygens (including phenoxy) is 1. The third kappa shape index (κ3) is 3.98. The molecule has 5 atom stereocenters. The minimum atomic E-state index is -4.67. The molecule has 2 aliphatic rings.